The maximum Gasteiger partial charge on any atom is 0.222 e. The molecule has 3 nitrogen and oxygen atoms in total. The first-order chi connectivity index (χ1) is 10.6. The number of hydrogen-bond acceptors (Lipinski definition) is 2. The molecular weight excluding hydrogens is 272 g/mol. The van der Waals surface area contributed by atoms with E-state index in [1.165, 1.54) is 5.56 Å². The third-order valence-electron chi connectivity index (χ3n) is 4.70. The number of carbonyl (C=O) groups excluding carboxylic acids is 1. The largest absolute Gasteiger partial charge is 0.340 e. The van der Waals surface area contributed by atoms with Crippen LogP contribution in [0.15, 0.2) is 30.3 Å². The minimum absolute atomic E-state index is 0.336. The van der Waals surface area contributed by atoms with Crippen molar-refractivity contribution in [3.8, 4) is 0 Å². The van der Waals surface area contributed by atoms with E-state index in [0.29, 0.717) is 24.4 Å². The summed E-state index contributed by atoms with van der Waals surface area (Å²) in [4.78, 5) is 16.9. The Morgan fingerprint density at radius 2 is 1.77 bits per heavy atom. The molecule has 2 atom stereocenters. The number of nitrogens with zero attached hydrogens (tertiary/aromatic N) is 2. The Labute approximate surface area is 135 Å². The van der Waals surface area contributed by atoms with Crippen molar-refractivity contribution in [2.75, 3.05) is 19.6 Å². The van der Waals surface area contributed by atoms with Crippen LogP contribution in [0.25, 0.3) is 0 Å². The Hall–Kier alpha value is -1.35. The normalized spacial score (nSPS) is 22.8. The summed E-state index contributed by atoms with van der Waals surface area (Å²) in [6, 6.07) is 11.5. The minimum atomic E-state index is 0.336. The molecule has 1 aromatic carbocycles. The van der Waals surface area contributed by atoms with Crippen LogP contribution in [-0.4, -0.2) is 47.4 Å². The molecule has 1 amide bonds. The van der Waals surface area contributed by atoms with Gasteiger partial charge in [-0.3, -0.25) is 9.69 Å². The van der Waals surface area contributed by atoms with Gasteiger partial charge >= 0.3 is 0 Å². The van der Waals surface area contributed by atoms with Crippen LogP contribution in [-0.2, 0) is 11.2 Å². The summed E-state index contributed by atoms with van der Waals surface area (Å²) in [7, 11) is 0. The summed E-state index contributed by atoms with van der Waals surface area (Å²) in [5.74, 6) is 0.336. The van der Waals surface area contributed by atoms with Gasteiger partial charge in [-0.2, -0.15) is 0 Å². The van der Waals surface area contributed by atoms with E-state index < -0.39 is 0 Å². The van der Waals surface area contributed by atoms with E-state index in [9.17, 15) is 4.79 Å². The average Bonchev–Trinajstić information content (AvgIpc) is 2.52. The van der Waals surface area contributed by atoms with Crippen molar-refractivity contribution in [2.24, 2.45) is 0 Å². The monoisotopic (exact) mass is 302 g/mol. The van der Waals surface area contributed by atoms with Gasteiger partial charge < -0.3 is 4.90 Å². The topological polar surface area (TPSA) is 23.6 Å². The first-order valence-corrected chi connectivity index (χ1v) is 8.69. The van der Waals surface area contributed by atoms with Crippen molar-refractivity contribution >= 4 is 5.91 Å². The molecule has 0 aromatic heterocycles. The molecule has 2 rings (SSSR count). The quantitative estimate of drug-likeness (QED) is 0.804. The van der Waals surface area contributed by atoms with Crippen LogP contribution in [0.1, 0.15) is 45.6 Å². The van der Waals surface area contributed by atoms with Crippen LogP contribution in [0, 0.1) is 0 Å². The number of unbranched alkanes of at least 4 members (excludes halogenated alkanes) is 1. The number of rotatable bonds is 6. The second kappa shape index (κ2) is 8.33. The highest BCUT2D eigenvalue weighted by Crippen LogP contribution is 2.18. The standard InChI is InChI=1S/C19H30N2O/c1-4-5-11-19(22)20-14-16(2)21(17(3)15-20)13-12-18-9-7-6-8-10-18/h6-10,16-17H,4-5,11-15H2,1-3H3. The summed E-state index contributed by atoms with van der Waals surface area (Å²) in [6.45, 7) is 9.47. The zero-order valence-corrected chi connectivity index (χ0v) is 14.3. The van der Waals surface area contributed by atoms with Crippen molar-refractivity contribution in [1.82, 2.24) is 9.80 Å². The lowest BCUT2D eigenvalue weighted by Gasteiger charge is -2.44. The highest BCUT2D eigenvalue weighted by atomic mass is 16.2. The maximum absolute atomic E-state index is 12.2. The molecule has 1 heterocycles. The zero-order valence-electron chi connectivity index (χ0n) is 14.3. The average molecular weight is 302 g/mol. The molecule has 1 aromatic rings. The molecule has 0 radical (unpaired) electrons. The molecular formula is C19H30N2O. The first kappa shape index (κ1) is 17.0. The van der Waals surface area contributed by atoms with Crippen molar-refractivity contribution in [3.63, 3.8) is 0 Å². The summed E-state index contributed by atoms with van der Waals surface area (Å²) in [5, 5.41) is 0. The first-order valence-electron chi connectivity index (χ1n) is 8.69. The van der Waals surface area contributed by atoms with E-state index in [0.717, 1.165) is 38.9 Å². The molecule has 0 saturated carbocycles. The van der Waals surface area contributed by atoms with Gasteiger partial charge in [-0.05, 0) is 32.3 Å². The predicted octanol–water partition coefficient (Wildman–Crippen LogP) is 3.34. The van der Waals surface area contributed by atoms with Gasteiger partial charge in [-0.25, -0.2) is 0 Å². The summed E-state index contributed by atoms with van der Waals surface area (Å²) in [6.07, 6.45) is 3.89. The van der Waals surface area contributed by atoms with Gasteiger partial charge in [0.05, 0.1) is 0 Å². The van der Waals surface area contributed by atoms with Gasteiger partial charge in [0.15, 0.2) is 0 Å². The Morgan fingerprint density at radius 3 is 2.36 bits per heavy atom. The SMILES string of the molecule is CCCCC(=O)N1CC(C)N(CCc2ccccc2)C(C)C1. The third kappa shape index (κ3) is 4.57. The molecule has 22 heavy (non-hydrogen) atoms. The van der Waals surface area contributed by atoms with Crippen LogP contribution in [0.5, 0.6) is 0 Å². The Kier molecular flexibility index (Phi) is 6.44. The highest BCUT2D eigenvalue weighted by molar-refractivity contribution is 5.76. The third-order valence-corrected chi connectivity index (χ3v) is 4.70. The van der Waals surface area contributed by atoms with Gasteiger partial charge in [0.1, 0.15) is 0 Å². The number of hydrogen-bond donors (Lipinski definition) is 0. The number of amides is 1. The molecule has 122 valence electrons. The summed E-state index contributed by atoms with van der Waals surface area (Å²) < 4.78 is 0. The second-order valence-corrected chi connectivity index (χ2v) is 6.57. The fraction of sp³-hybridized carbons (Fsp3) is 0.632. The van der Waals surface area contributed by atoms with Crippen LogP contribution >= 0.6 is 0 Å². The number of carbonyl (C=O) groups is 1. The van der Waals surface area contributed by atoms with Crippen molar-refractivity contribution in [3.05, 3.63) is 35.9 Å². The van der Waals surface area contributed by atoms with E-state index in [1.54, 1.807) is 0 Å². The Bertz CT molecular complexity index is 448. The molecule has 2 unspecified atom stereocenters. The predicted molar refractivity (Wildman–Crippen MR) is 91.9 cm³/mol. The Morgan fingerprint density at radius 1 is 1.14 bits per heavy atom. The van der Waals surface area contributed by atoms with Crippen LogP contribution < -0.4 is 0 Å². The fourth-order valence-electron chi connectivity index (χ4n) is 3.39. The van der Waals surface area contributed by atoms with Crippen molar-refractivity contribution in [2.45, 2.75) is 58.5 Å². The van der Waals surface area contributed by atoms with Crippen LogP contribution in [0.2, 0.25) is 0 Å². The molecule has 1 saturated heterocycles. The van der Waals surface area contributed by atoms with Crippen LogP contribution in [0.4, 0.5) is 0 Å². The Balaban J connectivity index is 1.86. The smallest absolute Gasteiger partial charge is 0.222 e. The number of benzene rings is 1. The molecule has 1 aliphatic rings. The molecule has 1 fully saturated rings. The highest BCUT2D eigenvalue weighted by Gasteiger charge is 2.30. The van der Waals surface area contributed by atoms with E-state index >= 15 is 0 Å². The summed E-state index contributed by atoms with van der Waals surface area (Å²) >= 11 is 0. The second-order valence-electron chi connectivity index (χ2n) is 6.57. The molecule has 0 spiro atoms. The van der Waals surface area contributed by atoms with E-state index in [1.807, 2.05) is 0 Å². The van der Waals surface area contributed by atoms with E-state index in [2.05, 4.69) is 60.9 Å². The maximum atomic E-state index is 12.2. The van der Waals surface area contributed by atoms with E-state index in [-0.39, 0.29) is 0 Å². The zero-order chi connectivity index (χ0) is 15.9. The van der Waals surface area contributed by atoms with Crippen molar-refractivity contribution in [1.29, 1.82) is 0 Å². The molecule has 0 N–H and O–H groups in total. The van der Waals surface area contributed by atoms with Gasteiger partial charge in [0.25, 0.3) is 0 Å². The molecule has 3 heteroatoms. The molecule has 1 aliphatic heterocycles. The lowest BCUT2D eigenvalue weighted by molar-refractivity contribution is -0.135. The van der Waals surface area contributed by atoms with Gasteiger partial charge in [-0.15, -0.1) is 0 Å². The lowest BCUT2D eigenvalue weighted by Crippen LogP contribution is -2.58. The minimum Gasteiger partial charge on any atom is -0.340 e. The van der Waals surface area contributed by atoms with Gasteiger partial charge in [0.2, 0.25) is 5.91 Å². The molecule has 0 aliphatic carbocycles. The lowest BCUT2D eigenvalue weighted by atomic mass is 10.0. The molecule has 0 bridgehead atoms. The van der Waals surface area contributed by atoms with E-state index in [4.69, 9.17) is 0 Å². The summed E-state index contributed by atoms with van der Waals surface area (Å²) in [5.41, 5.74) is 1.39. The fourth-order valence-corrected chi connectivity index (χ4v) is 3.39. The van der Waals surface area contributed by atoms with Crippen molar-refractivity contribution < 1.29 is 4.79 Å². The van der Waals surface area contributed by atoms with Gasteiger partial charge in [0, 0.05) is 38.1 Å². The number of piperazine rings is 1. The van der Waals surface area contributed by atoms with Gasteiger partial charge in [-0.1, -0.05) is 43.7 Å². The van der Waals surface area contributed by atoms with Crippen LogP contribution in [0.3, 0.4) is 0 Å².